The molecular weight excluding hydrogens is 274 g/mol. The van der Waals surface area contributed by atoms with Gasteiger partial charge in [0.1, 0.15) is 0 Å². The van der Waals surface area contributed by atoms with Gasteiger partial charge in [-0.25, -0.2) is 9.50 Å². The number of rotatable bonds is 1. The Hall–Kier alpha value is -1.42. The highest BCUT2D eigenvalue weighted by Gasteiger charge is 2.23. The molecule has 1 aliphatic carbocycles. The van der Waals surface area contributed by atoms with Crippen molar-refractivity contribution in [1.29, 1.82) is 0 Å². The molecule has 0 aliphatic heterocycles. The van der Waals surface area contributed by atoms with Gasteiger partial charge in [-0.15, -0.1) is 0 Å². The van der Waals surface area contributed by atoms with Crippen LogP contribution in [0.1, 0.15) is 75.6 Å². The summed E-state index contributed by atoms with van der Waals surface area (Å²) in [5.74, 6) is 0.500. The molecule has 0 bridgehead atoms. The molecule has 1 N–H and O–H groups in total. The van der Waals surface area contributed by atoms with Crippen LogP contribution in [-0.4, -0.2) is 25.3 Å². The first kappa shape index (κ1) is 15.5. The molecule has 22 heavy (non-hydrogen) atoms. The van der Waals surface area contributed by atoms with E-state index in [0.717, 1.165) is 43.4 Å². The molecule has 0 saturated heterocycles. The Labute approximate surface area is 132 Å². The van der Waals surface area contributed by atoms with E-state index in [-0.39, 0.29) is 0 Å². The Morgan fingerprint density at radius 3 is 2.77 bits per heavy atom. The molecule has 4 heteroatoms. The summed E-state index contributed by atoms with van der Waals surface area (Å²) in [4.78, 5) is 4.35. The normalized spacial score (nSPS) is 27.9. The van der Waals surface area contributed by atoms with Gasteiger partial charge < -0.3 is 5.11 Å². The van der Waals surface area contributed by atoms with Gasteiger partial charge in [0.05, 0.1) is 23.2 Å². The Kier molecular flexibility index (Phi) is 4.48. The van der Waals surface area contributed by atoms with Gasteiger partial charge >= 0.3 is 0 Å². The number of imidazole rings is 1. The van der Waals surface area contributed by atoms with Crippen molar-refractivity contribution in [3.63, 3.8) is 0 Å². The smallest absolute Gasteiger partial charge is 0.153 e. The molecule has 120 valence electrons. The Morgan fingerprint density at radius 1 is 1.14 bits per heavy atom. The van der Waals surface area contributed by atoms with Crippen LogP contribution in [0.25, 0.3) is 5.65 Å². The molecule has 1 aliphatic rings. The Bertz CT molecular complexity index is 632. The maximum atomic E-state index is 10.4. The maximum Gasteiger partial charge on any atom is 0.153 e. The van der Waals surface area contributed by atoms with Gasteiger partial charge in [-0.3, -0.25) is 0 Å². The molecule has 3 rings (SSSR count). The third-order valence-electron chi connectivity index (χ3n) is 5.01. The van der Waals surface area contributed by atoms with Crippen molar-refractivity contribution in [3.05, 3.63) is 29.7 Å². The predicted octanol–water partition coefficient (Wildman–Crippen LogP) is 4.01. The van der Waals surface area contributed by atoms with Gasteiger partial charge in [0.15, 0.2) is 5.65 Å². The second-order valence-corrected chi connectivity index (χ2v) is 7.11. The SMILES string of the molecule is Cc1cnc2ccc(C3CCCCCC(C)(O)CCC3)nn12. The molecule has 2 aromatic heterocycles. The molecule has 2 unspecified atom stereocenters. The summed E-state index contributed by atoms with van der Waals surface area (Å²) < 4.78 is 1.95. The zero-order valence-corrected chi connectivity index (χ0v) is 13.8. The molecule has 2 heterocycles. The van der Waals surface area contributed by atoms with Crippen molar-refractivity contribution in [2.45, 2.75) is 76.7 Å². The minimum absolute atomic E-state index is 0.486. The molecule has 2 atom stereocenters. The minimum atomic E-state index is -0.486. The van der Waals surface area contributed by atoms with Crippen LogP contribution in [0.15, 0.2) is 18.3 Å². The Balaban J connectivity index is 1.79. The van der Waals surface area contributed by atoms with Crippen LogP contribution in [0.3, 0.4) is 0 Å². The van der Waals surface area contributed by atoms with Crippen molar-refractivity contribution in [1.82, 2.24) is 14.6 Å². The van der Waals surface area contributed by atoms with Crippen molar-refractivity contribution < 1.29 is 5.11 Å². The standard InChI is InChI=1S/C18H27N3O/c1-14-13-19-17-10-9-16(20-21(14)17)15-7-4-3-5-11-18(2,22)12-6-8-15/h9-10,13,15,22H,3-8,11-12H2,1-2H3. The zero-order chi connectivity index (χ0) is 15.6. The largest absolute Gasteiger partial charge is 0.390 e. The number of aryl methyl sites for hydroxylation is 1. The molecular formula is C18H27N3O. The monoisotopic (exact) mass is 301 g/mol. The fourth-order valence-corrected chi connectivity index (χ4v) is 3.59. The Morgan fingerprint density at radius 2 is 1.91 bits per heavy atom. The number of nitrogens with zero attached hydrogens (tertiary/aromatic N) is 3. The number of fused-ring (bicyclic) bond motifs is 1. The minimum Gasteiger partial charge on any atom is -0.390 e. The average Bonchev–Trinajstić information content (AvgIpc) is 2.86. The van der Waals surface area contributed by atoms with Gasteiger partial charge in [-0.2, -0.15) is 5.10 Å². The second kappa shape index (κ2) is 6.37. The van der Waals surface area contributed by atoms with Crippen LogP contribution in [0.5, 0.6) is 0 Å². The number of hydrogen-bond donors (Lipinski definition) is 1. The lowest BCUT2D eigenvalue weighted by Gasteiger charge is -2.26. The van der Waals surface area contributed by atoms with E-state index in [1.54, 1.807) is 0 Å². The van der Waals surface area contributed by atoms with Crippen molar-refractivity contribution in [2.24, 2.45) is 0 Å². The highest BCUT2D eigenvalue weighted by Crippen LogP contribution is 2.31. The molecule has 0 spiro atoms. The van der Waals surface area contributed by atoms with Crippen LogP contribution in [0.2, 0.25) is 0 Å². The molecule has 0 aromatic carbocycles. The highest BCUT2D eigenvalue weighted by atomic mass is 16.3. The first-order valence-corrected chi connectivity index (χ1v) is 8.59. The summed E-state index contributed by atoms with van der Waals surface area (Å²) >= 11 is 0. The molecule has 0 amide bonds. The number of aromatic nitrogens is 3. The lowest BCUT2D eigenvalue weighted by atomic mass is 9.85. The summed E-state index contributed by atoms with van der Waals surface area (Å²) in [5, 5.41) is 15.2. The van der Waals surface area contributed by atoms with Gasteiger partial charge in [0, 0.05) is 5.92 Å². The first-order chi connectivity index (χ1) is 10.6. The van der Waals surface area contributed by atoms with Gasteiger partial charge in [0.25, 0.3) is 0 Å². The topological polar surface area (TPSA) is 50.4 Å². The molecule has 1 fully saturated rings. The van der Waals surface area contributed by atoms with Crippen LogP contribution in [0.4, 0.5) is 0 Å². The fraction of sp³-hybridized carbons (Fsp3) is 0.667. The first-order valence-electron chi connectivity index (χ1n) is 8.59. The fourth-order valence-electron chi connectivity index (χ4n) is 3.59. The van der Waals surface area contributed by atoms with Crippen LogP contribution in [0, 0.1) is 6.92 Å². The van der Waals surface area contributed by atoms with Gasteiger partial charge in [-0.1, -0.05) is 19.3 Å². The molecule has 1 saturated carbocycles. The second-order valence-electron chi connectivity index (χ2n) is 7.11. The van der Waals surface area contributed by atoms with Crippen LogP contribution in [-0.2, 0) is 0 Å². The van der Waals surface area contributed by atoms with Crippen molar-refractivity contribution in [2.75, 3.05) is 0 Å². The van der Waals surface area contributed by atoms with E-state index in [9.17, 15) is 5.11 Å². The highest BCUT2D eigenvalue weighted by molar-refractivity contribution is 5.39. The van der Waals surface area contributed by atoms with Gasteiger partial charge in [-0.05, 0) is 58.1 Å². The maximum absolute atomic E-state index is 10.4. The number of aliphatic hydroxyl groups is 1. The van der Waals surface area contributed by atoms with Gasteiger partial charge in [0.2, 0.25) is 0 Å². The summed E-state index contributed by atoms with van der Waals surface area (Å²) in [6, 6.07) is 4.21. The number of hydrogen-bond acceptors (Lipinski definition) is 3. The summed E-state index contributed by atoms with van der Waals surface area (Å²) in [6.45, 7) is 4.03. The lowest BCUT2D eigenvalue weighted by Crippen LogP contribution is -2.24. The van der Waals surface area contributed by atoms with E-state index >= 15 is 0 Å². The summed E-state index contributed by atoms with van der Waals surface area (Å²) in [5.41, 5.74) is 2.69. The lowest BCUT2D eigenvalue weighted by molar-refractivity contribution is 0.0349. The van der Waals surface area contributed by atoms with E-state index in [2.05, 4.69) is 17.1 Å². The summed E-state index contributed by atoms with van der Waals surface area (Å²) in [7, 11) is 0. The van der Waals surface area contributed by atoms with Crippen molar-refractivity contribution >= 4 is 5.65 Å². The molecule has 4 nitrogen and oxygen atoms in total. The molecule has 2 aromatic rings. The van der Waals surface area contributed by atoms with E-state index in [0.29, 0.717) is 5.92 Å². The van der Waals surface area contributed by atoms with Crippen LogP contribution < -0.4 is 0 Å². The average molecular weight is 301 g/mol. The van der Waals surface area contributed by atoms with E-state index in [1.165, 1.54) is 25.0 Å². The molecule has 0 radical (unpaired) electrons. The van der Waals surface area contributed by atoms with E-state index < -0.39 is 5.60 Å². The van der Waals surface area contributed by atoms with Crippen molar-refractivity contribution in [3.8, 4) is 0 Å². The predicted molar refractivity (Wildman–Crippen MR) is 88.0 cm³/mol. The summed E-state index contributed by atoms with van der Waals surface area (Å²) in [6.07, 6.45) is 10.7. The van der Waals surface area contributed by atoms with E-state index in [4.69, 9.17) is 5.10 Å². The zero-order valence-electron chi connectivity index (χ0n) is 13.8. The third kappa shape index (κ3) is 3.49. The van der Waals surface area contributed by atoms with Crippen LogP contribution >= 0.6 is 0 Å². The van der Waals surface area contributed by atoms with E-state index in [1.807, 2.05) is 24.6 Å². The quantitative estimate of drug-likeness (QED) is 0.866. The third-order valence-corrected chi connectivity index (χ3v) is 5.01.